The molecule has 1 N–H and O–H groups in total. The Bertz CT molecular complexity index is 1210. The van der Waals surface area contributed by atoms with Gasteiger partial charge in [-0.25, -0.2) is 13.4 Å². The minimum Gasteiger partial charge on any atom is -0.348 e. The Labute approximate surface area is 187 Å². The van der Waals surface area contributed by atoms with Crippen LogP contribution in [0.25, 0.3) is 0 Å². The van der Waals surface area contributed by atoms with Crippen molar-refractivity contribution in [2.24, 2.45) is 11.0 Å². The summed E-state index contributed by atoms with van der Waals surface area (Å²) in [5, 5.41) is 16.2. The molecule has 9 nitrogen and oxygen atoms in total. The molecule has 0 saturated carbocycles. The molecular weight excluding hydrogens is 428 g/mol. The summed E-state index contributed by atoms with van der Waals surface area (Å²) in [7, 11) is 0.234. The lowest BCUT2D eigenvalue weighted by Crippen LogP contribution is -2.38. The molecule has 10 heteroatoms. The van der Waals surface area contributed by atoms with Crippen molar-refractivity contribution in [2.75, 3.05) is 27.2 Å². The third-order valence-electron chi connectivity index (χ3n) is 5.81. The fourth-order valence-corrected chi connectivity index (χ4v) is 5.32. The third kappa shape index (κ3) is 4.27. The number of nitriles is 1. The first-order valence-electron chi connectivity index (χ1n) is 10.4. The number of pyridine rings is 1. The molecule has 2 aliphatic heterocycles. The smallest absolute Gasteiger partial charge is 0.262 e. The highest BCUT2D eigenvalue weighted by molar-refractivity contribution is 7.89. The molecule has 1 amide bonds. The standard InChI is InChI=1S/C22H24N6O3S/c1-28(2)21-18(15-26-28)11-19(14-24-21)22(29)25-13-17-3-5-20(6-4-17)32(30,31)27-9-7-16(12-23)8-10-27/h3-6,11,14-16H,7-10,13H2,1-2H3/p+1. The fourth-order valence-electron chi connectivity index (χ4n) is 3.85. The number of nitrogens with zero attached hydrogens (tertiary/aromatic N) is 5. The number of nitrogens with one attached hydrogen (secondary N) is 1. The zero-order valence-electron chi connectivity index (χ0n) is 18.0. The lowest BCUT2D eigenvalue weighted by molar-refractivity contribution is 0.0950. The Balaban J connectivity index is 1.38. The SMILES string of the molecule is C[N+]1(C)N=Cc2cc(C(=O)NCc3ccc(S(=O)(=O)N4CCC(C#N)CC4)cc3)cnc21. The third-order valence-corrected chi connectivity index (χ3v) is 7.72. The molecule has 1 aromatic carbocycles. The molecule has 2 aliphatic rings. The van der Waals surface area contributed by atoms with E-state index in [1.165, 1.54) is 10.5 Å². The molecule has 1 fully saturated rings. The Morgan fingerprint density at radius 2 is 1.94 bits per heavy atom. The van der Waals surface area contributed by atoms with E-state index in [4.69, 9.17) is 5.26 Å². The van der Waals surface area contributed by atoms with Gasteiger partial charge in [0, 0.05) is 31.7 Å². The summed E-state index contributed by atoms with van der Waals surface area (Å²) in [6, 6.07) is 10.5. The van der Waals surface area contributed by atoms with E-state index in [9.17, 15) is 13.2 Å². The van der Waals surface area contributed by atoms with Crippen LogP contribution in [-0.4, -0.2) is 57.0 Å². The Morgan fingerprint density at radius 1 is 1.25 bits per heavy atom. The summed E-state index contributed by atoms with van der Waals surface area (Å²) >= 11 is 0. The molecular formula is C22H25N6O3S+. The van der Waals surface area contributed by atoms with Crippen LogP contribution in [0.1, 0.15) is 34.3 Å². The number of sulfonamides is 1. The highest BCUT2D eigenvalue weighted by atomic mass is 32.2. The second kappa shape index (κ2) is 8.43. The summed E-state index contributed by atoms with van der Waals surface area (Å²) in [5.74, 6) is 0.448. The average Bonchev–Trinajstić information content (AvgIpc) is 3.11. The average molecular weight is 454 g/mol. The van der Waals surface area contributed by atoms with Crippen molar-refractivity contribution in [2.45, 2.75) is 24.3 Å². The maximum atomic E-state index is 12.8. The first-order chi connectivity index (χ1) is 15.2. The summed E-state index contributed by atoms with van der Waals surface area (Å²) in [5.41, 5.74) is 2.04. The molecule has 0 atom stereocenters. The second-order valence-electron chi connectivity index (χ2n) is 8.41. The van der Waals surface area contributed by atoms with Gasteiger partial charge in [0.25, 0.3) is 11.7 Å². The van der Waals surface area contributed by atoms with Crippen LogP contribution in [0, 0.1) is 17.2 Å². The highest BCUT2D eigenvalue weighted by Gasteiger charge is 2.31. The minimum absolute atomic E-state index is 0.0776. The molecule has 4 rings (SSSR count). The van der Waals surface area contributed by atoms with Crippen LogP contribution in [0.4, 0.5) is 5.82 Å². The van der Waals surface area contributed by atoms with Crippen molar-refractivity contribution in [3.63, 3.8) is 0 Å². The number of aromatic nitrogens is 1. The lowest BCUT2D eigenvalue weighted by Gasteiger charge is -2.28. The van der Waals surface area contributed by atoms with Crippen LogP contribution in [-0.2, 0) is 16.6 Å². The molecule has 0 spiro atoms. The van der Waals surface area contributed by atoms with Crippen molar-refractivity contribution in [3.05, 3.63) is 53.2 Å². The number of carbonyl (C=O) groups is 1. The van der Waals surface area contributed by atoms with E-state index in [-0.39, 0.29) is 23.3 Å². The molecule has 0 unspecified atom stereocenters. The molecule has 0 radical (unpaired) electrons. The maximum absolute atomic E-state index is 12.8. The summed E-state index contributed by atoms with van der Waals surface area (Å²) in [6.45, 7) is 0.974. The van der Waals surface area contributed by atoms with Crippen molar-refractivity contribution >= 4 is 28.0 Å². The van der Waals surface area contributed by atoms with E-state index in [2.05, 4.69) is 21.5 Å². The lowest BCUT2D eigenvalue weighted by atomic mass is 10.0. The van der Waals surface area contributed by atoms with Gasteiger partial charge in [0.05, 0.1) is 42.4 Å². The van der Waals surface area contributed by atoms with Crippen molar-refractivity contribution in [3.8, 4) is 6.07 Å². The molecule has 1 aromatic heterocycles. The predicted molar refractivity (Wildman–Crippen MR) is 120 cm³/mol. The van der Waals surface area contributed by atoms with Crippen LogP contribution in [0.15, 0.2) is 46.5 Å². The minimum atomic E-state index is -3.59. The first kappa shape index (κ1) is 22.1. The Kier molecular flexibility index (Phi) is 5.81. The fraction of sp³-hybridized carbons (Fsp3) is 0.364. The van der Waals surface area contributed by atoms with Crippen LogP contribution in [0.3, 0.4) is 0 Å². The number of rotatable bonds is 5. The van der Waals surface area contributed by atoms with Crippen molar-refractivity contribution < 1.29 is 13.2 Å². The number of hydrogen-bond acceptors (Lipinski definition) is 6. The second-order valence-corrected chi connectivity index (χ2v) is 10.3. The van der Waals surface area contributed by atoms with Crippen LogP contribution in [0.2, 0.25) is 0 Å². The Morgan fingerprint density at radius 3 is 2.59 bits per heavy atom. The molecule has 166 valence electrons. The van der Waals surface area contributed by atoms with E-state index in [1.807, 2.05) is 14.1 Å². The van der Waals surface area contributed by atoms with E-state index >= 15 is 0 Å². The topological polar surface area (TPSA) is 116 Å². The molecule has 32 heavy (non-hydrogen) atoms. The number of hydrogen-bond donors (Lipinski definition) is 1. The summed E-state index contributed by atoms with van der Waals surface area (Å²) in [6.07, 6.45) is 4.36. The van der Waals surface area contributed by atoms with Gasteiger partial charge in [-0.15, -0.1) is 0 Å². The maximum Gasteiger partial charge on any atom is 0.262 e. The monoisotopic (exact) mass is 453 g/mol. The number of piperidine rings is 1. The van der Waals surface area contributed by atoms with Gasteiger partial charge in [0.1, 0.15) is 0 Å². The highest BCUT2D eigenvalue weighted by Crippen LogP contribution is 2.27. The van der Waals surface area contributed by atoms with Gasteiger partial charge < -0.3 is 5.32 Å². The van der Waals surface area contributed by atoms with E-state index < -0.39 is 10.0 Å². The van der Waals surface area contributed by atoms with Crippen LogP contribution >= 0.6 is 0 Å². The van der Waals surface area contributed by atoms with Gasteiger partial charge >= 0.3 is 0 Å². The number of quaternary nitrogens is 1. The zero-order chi connectivity index (χ0) is 22.9. The van der Waals surface area contributed by atoms with Gasteiger partial charge in [-0.1, -0.05) is 17.2 Å². The van der Waals surface area contributed by atoms with E-state index in [0.29, 0.717) is 36.1 Å². The van der Waals surface area contributed by atoms with Gasteiger partial charge in [-0.2, -0.15) is 14.2 Å². The zero-order valence-corrected chi connectivity index (χ0v) is 18.8. The van der Waals surface area contributed by atoms with Gasteiger partial charge in [-0.05, 0) is 36.6 Å². The van der Waals surface area contributed by atoms with Crippen molar-refractivity contribution in [1.29, 1.82) is 5.26 Å². The normalized spacial score (nSPS) is 18.2. The predicted octanol–water partition coefficient (Wildman–Crippen LogP) is 1.85. The Hall–Kier alpha value is -3.13. The number of benzene rings is 1. The largest absolute Gasteiger partial charge is 0.348 e. The summed E-state index contributed by atoms with van der Waals surface area (Å²) in [4.78, 5) is 17.1. The first-order valence-corrected chi connectivity index (χ1v) is 11.8. The summed E-state index contributed by atoms with van der Waals surface area (Å²) < 4.78 is 27.4. The molecule has 0 aliphatic carbocycles. The van der Waals surface area contributed by atoms with E-state index in [1.54, 1.807) is 36.5 Å². The number of carbonyl (C=O) groups excluding carboxylic acids is 1. The molecule has 2 aromatic rings. The molecule has 1 saturated heterocycles. The number of fused-ring (bicyclic) bond motifs is 1. The number of amides is 1. The van der Waals surface area contributed by atoms with Gasteiger partial charge in [0.2, 0.25) is 10.0 Å². The van der Waals surface area contributed by atoms with Crippen molar-refractivity contribution in [1.82, 2.24) is 19.2 Å². The molecule has 0 bridgehead atoms. The van der Waals surface area contributed by atoms with Crippen LogP contribution in [0.5, 0.6) is 0 Å². The van der Waals surface area contributed by atoms with Gasteiger partial charge in [-0.3, -0.25) is 4.79 Å². The van der Waals surface area contributed by atoms with E-state index in [0.717, 1.165) is 16.9 Å². The quantitative estimate of drug-likeness (QED) is 0.694. The van der Waals surface area contributed by atoms with Crippen LogP contribution < -0.4 is 9.91 Å². The van der Waals surface area contributed by atoms with Gasteiger partial charge in [0.15, 0.2) is 0 Å². The molecule has 3 heterocycles.